The van der Waals surface area contributed by atoms with Gasteiger partial charge in [0, 0.05) is 16.6 Å². The second-order valence-corrected chi connectivity index (χ2v) is 6.87. The molecule has 0 radical (unpaired) electrons. The number of fused-ring (bicyclic) bond motifs is 1. The molecular weight excluding hydrogens is 370 g/mol. The molecule has 28 heavy (non-hydrogen) atoms. The minimum Gasteiger partial charge on any atom is -0.494 e. The van der Waals surface area contributed by atoms with E-state index in [0.717, 1.165) is 40.9 Å². The van der Waals surface area contributed by atoms with Gasteiger partial charge in [-0.15, -0.1) is 0 Å². The number of ether oxygens (including phenoxy) is 1. The van der Waals surface area contributed by atoms with Gasteiger partial charge in [-0.2, -0.15) is 0 Å². The van der Waals surface area contributed by atoms with Gasteiger partial charge in [-0.1, -0.05) is 31.5 Å². The zero-order valence-corrected chi connectivity index (χ0v) is 16.8. The Kier molecular flexibility index (Phi) is 6.55. The number of benzene rings is 2. The minimum atomic E-state index is -0.276. The van der Waals surface area contributed by atoms with Crippen molar-refractivity contribution in [1.29, 1.82) is 0 Å². The number of anilines is 1. The van der Waals surface area contributed by atoms with Crippen LogP contribution < -0.4 is 15.4 Å². The topological polar surface area (TPSA) is 63.2 Å². The molecule has 0 bridgehead atoms. The van der Waals surface area contributed by atoms with Crippen LogP contribution in [0.1, 0.15) is 35.8 Å². The summed E-state index contributed by atoms with van der Waals surface area (Å²) < 4.78 is 5.61. The van der Waals surface area contributed by atoms with Crippen molar-refractivity contribution in [3.8, 4) is 5.75 Å². The van der Waals surface area contributed by atoms with E-state index in [0.29, 0.717) is 12.2 Å². The molecule has 5 nitrogen and oxygen atoms in total. The molecule has 0 aliphatic heterocycles. The highest BCUT2D eigenvalue weighted by Crippen LogP contribution is 2.21. The van der Waals surface area contributed by atoms with Gasteiger partial charge in [-0.3, -0.25) is 15.1 Å². The van der Waals surface area contributed by atoms with Crippen LogP contribution in [0.3, 0.4) is 0 Å². The summed E-state index contributed by atoms with van der Waals surface area (Å²) in [5.41, 5.74) is 3.00. The first-order chi connectivity index (χ1) is 13.6. The second-order valence-electron chi connectivity index (χ2n) is 6.46. The molecule has 2 N–H and O–H groups in total. The van der Waals surface area contributed by atoms with E-state index < -0.39 is 0 Å². The Labute approximate surface area is 170 Å². The van der Waals surface area contributed by atoms with Crippen molar-refractivity contribution in [2.75, 3.05) is 11.9 Å². The monoisotopic (exact) mass is 393 g/mol. The van der Waals surface area contributed by atoms with E-state index in [1.165, 1.54) is 0 Å². The zero-order valence-electron chi connectivity index (χ0n) is 16.0. The Morgan fingerprint density at radius 2 is 1.89 bits per heavy atom. The number of aromatic nitrogens is 1. The third kappa shape index (κ3) is 5.04. The van der Waals surface area contributed by atoms with Crippen LogP contribution in [0.25, 0.3) is 10.9 Å². The van der Waals surface area contributed by atoms with E-state index in [1.807, 2.05) is 37.3 Å². The highest BCUT2D eigenvalue weighted by Gasteiger charge is 2.10. The Hall–Kier alpha value is -2.99. The highest BCUT2D eigenvalue weighted by molar-refractivity contribution is 7.80. The molecule has 0 unspecified atom stereocenters. The number of pyridine rings is 1. The summed E-state index contributed by atoms with van der Waals surface area (Å²) in [6, 6.07) is 16.8. The maximum atomic E-state index is 12.4. The Morgan fingerprint density at radius 1 is 1.11 bits per heavy atom. The molecule has 0 atom stereocenters. The van der Waals surface area contributed by atoms with Crippen molar-refractivity contribution in [3.05, 3.63) is 65.9 Å². The molecule has 0 saturated heterocycles. The number of rotatable bonds is 6. The molecule has 0 spiro atoms. The number of nitrogens with one attached hydrogen (secondary N) is 2. The maximum absolute atomic E-state index is 12.4. The van der Waals surface area contributed by atoms with Gasteiger partial charge in [-0.05, 0) is 62.0 Å². The first-order valence-electron chi connectivity index (χ1n) is 9.28. The zero-order chi connectivity index (χ0) is 19.9. The van der Waals surface area contributed by atoms with Gasteiger partial charge in [0.25, 0.3) is 5.91 Å². The number of carbonyl (C=O) groups excluding carboxylic acids is 1. The van der Waals surface area contributed by atoms with Crippen LogP contribution in [0.4, 0.5) is 5.69 Å². The van der Waals surface area contributed by atoms with E-state index in [1.54, 1.807) is 24.3 Å². The largest absolute Gasteiger partial charge is 0.494 e. The minimum absolute atomic E-state index is 0.226. The number of unbranched alkanes of at least 4 members (excludes halogenated alkanes) is 1. The van der Waals surface area contributed by atoms with E-state index >= 15 is 0 Å². The lowest BCUT2D eigenvalue weighted by Crippen LogP contribution is -2.34. The quantitative estimate of drug-likeness (QED) is 0.463. The van der Waals surface area contributed by atoms with Crippen LogP contribution >= 0.6 is 12.2 Å². The Balaban J connectivity index is 1.63. The number of aryl methyl sites for hydroxylation is 1. The van der Waals surface area contributed by atoms with Gasteiger partial charge in [0.2, 0.25) is 0 Å². The van der Waals surface area contributed by atoms with Gasteiger partial charge >= 0.3 is 0 Å². The predicted molar refractivity (Wildman–Crippen MR) is 117 cm³/mol. The third-order valence-electron chi connectivity index (χ3n) is 4.22. The number of carbonyl (C=O) groups is 1. The summed E-state index contributed by atoms with van der Waals surface area (Å²) in [5, 5.41) is 7.01. The smallest absolute Gasteiger partial charge is 0.257 e. The molecule has 1 aromatic heterocycles. The molecule has 3 rings (SSSR count). The molecule has 6 heteroatoms. The number of hydrogen-bond donors (Lipinski definition) is 2. The van der Waals surface area contributed by atoms with E-state index in [9.17, 15) is 4.79 Å². The standard InChI is InChI=1S/C22H23N3O2S/c1-3-4-14-27-18-12-10-17(11-13-18)21(26)25-22(28)24-19-7-5-6-16-9-8-15(2)23-20(16)19/h5-13H,3-4,14H2,1-2H3,(H2,24,25,26,28). The molecule has 2 aromatic carbocycles. The van der Waals surface area contributed by atoms with E-state index in [-0.39, 0.29) is 11.0 Å². The predicted octanol–water partition coefficient (Wildman–Crippen LogP) is 4.85. The van der Waals surface area contributed by atoms with Crippen LogP contribution in [0.2, 0.25) is 0 Å². The summed E-state index contributed by atoms with van der Waals surface area (Å²) in [6.07, 6.45) is 2.08. The highest BCUT2D eigenvalue weighted by atomic mass is 32.1. The second kappa shape index (κ2) is 9.28. The molecule has 0 saturated carbocycles. The van der Waals surface area contributed by atoms with E-state index in [4.69, 9.17) is 17.0 Å². The van der Waals surface area contributed by atoms with Crippen LogP contribution in [-0.4, -0.2) is 22.6 Å². The lowest BCUT2D eigenvalue weighted by molar-refractivity contribution is 0.0977. The molecule has 0 aliphatic carbocycles. The number of amides is 1. The fourth-order valence-electron chi connectivity index (χ4n) is 2.71. The average Bonchev–Trinajstić information content (AvgIpc) is 2.69. The molecule has 0 aliphatic rings. The summed E-state index contributed by atoms with van der Waals surface area (Å²) in [4.78, 5) is 17.0. The number of para-hydroxylation sites is 1. The molecule has 3 aromatic rings. The first kappa shape index (κ1) is 19.8. The third-order valence-corrected chi connectivity index (χ3v) is 4.42. The Bertz CT molecular complexity index is 987. The summed E-state index contributed by atoms with van der Waals surface area (Å²) >= 11 is 5.31. The fourth-order valence-corrected chi connectivity index (χ4v) is 2.91. The van der Waals surface area contributed by atoms with Crippen LogP contribution in [-0.2, 0) is 0 Å². The van der Waals surface area contributed by atoms with Gasteiger partial charge in [0.15, 0.2) is 5.11 Å². The van der Waals surface area contributed by atoms with Crippen LogP contribution in [0.5, 0.6) is 5.75 Å². The summed E-state index contributed by atoms with van der Waals surface area (Å²) in [6.45, 7) is 4.73. The first-order valence-corrected chi connectivity index (χ1v) is 9.69. The molecular formula is C22H23N3O2S. The van der Waals surface area contributed by atoms with Crippen molar-refractivity contribution < 1.29 is 9.53 Å². The number of nitrogens with zero attached hydrogens (tertiary/aromatic N) is 1. The van der Waals surface area contributed by atoms with Crippen LogP contribution in [0, 0.1) is 6.92 Å². The number of thiocarbonyl (C=S) groups is 1. The normalized spacial score (nSPS) is 10.5. The average molecular weight is 394 g/mol. The molecule has 144 valence electrons. The van der Waals surface area contributed by atoms with Crippen molar-refractivity contribution in [3.63, 3.8) is 0 Å². The van der Waals surface area contributed by atoms with Crippen molar-refractivity contribution in [1.82, 2.24) is 10.3 Å². The van der Waals surface area contributed by atoms with Gasteiger partial charge < -0.3 is 10.1 Å². The summed E-state index contributed by atoms with van der Waals surface area (Å²) in [5.74, 6) is 0.477. The van der Waals surface area contributed by atoms with Gasteiger partial charge in [-0.25, -0.2) is 0 Å². The maximum Gasteiger partial charge on any atom is 0.257 e. The summed E-state index contributed by atoms with van der Waals surface area (Å²) in [7, 11) is 0. The van der Waals surface area contributed by atoms with Crippen LogP contribution in [0.15, 0.2) is 54.6 Å². The van der Waals surface area contributed by atoms with Crippen molar-refractivity contribution in [2.45, 2.75) is 26.7 Å². The fraction of sp³-hybridized carbons (Fsp3) is 0.227. The Morgan fingerprint density at radius 3 is 2.64 bits per heavy atom. The van der Waals surface area contributed by atoms with Gasteiger partial charge in [0.05, 0.1) is 17.8 Å². The van der Waals surface area contributed by atoms with Crippen molar-refractivity contribution >= 4 is 39.8 Å². The molecule has 1 heterocycles. The van der Waals surface area contributed by atoms with Crippen molar-refractivity contribution in [2.24, 2.45) is 0 Å². The lowest BCUT2D eigenvalue weighted by Gasteiger charge is -2.12. The SMILES string of the molecule is CCCCOc1ccc(C(=O)NC(=S)Nc2cccc3ccc(C)nc23)cc1. The number of hydrogen-bond acceptors (Lipinski definition) is 4. The molecule has 1 amide bonds. The van der Waals surface area contributed by atoms with E-state index in [2.05, 4.69) is 22.5 Å². The molecule has 0 fully saturated rings. The lowest BCUT2D eigenvalue weighted by atomic mass is 10.2. The van der Waals surface area contributed by atoms with Gasteiger partial charge in [0.1, 0.15) is 5.75 Å².